The summed E-state index contributed by atoms with van der Waals surface area (Å²) in [5.41, 5.74) is 10.8. The maximum absolute atomic E-state index is 14.2. The van der Waals surface area contributed by atoms with E-state index in [4.69, 9.17) is 19.2 Å². The summed E-state index contributed by atoms with van der Waals surface area (Å²) in [6, 6.07) is 27.0. The molecular weight excluding hydrogens is 993 g/mol. The zero-order chi connectivity index (χ0) is 55.7. The Balaban J connectivity index is 1.16. The topological polar surface area (TPSA) is 204 Å². The first kappa shape index (κ1) is 51.4. The number of benzene rings is 3. The van der Waals surface area contributed by atoms with Crippen LogP contribution in [0.3, 0.4) is 0 Å². The molecule has 3 aromatic carbocycles. The molecule has 79 heavy (non-hydrogen) atoms. The van der Waals surface area contributed by atoms with E-state index in [1.165, 1.54) is 0 Å². The van der Waals surface area contributed by atoms with E-state index >= 15 is 0 Å². The highest BCUT2D eigenvalue weighted by Gasteiger charge is 2.53. The third kappa shape index (κ3) is 9.25. The second kappa shape index (κ2) is 18.4. The number of ether oxygens (including phenoxy) is 3. The smallest absolute Gasteiger partial charge is 0.228 e. The van der Waals surface area contributed by atoms with Gasteiger partial charge in [0, 0.05) is 79.1 Å². The summed E-state index contributed by atoms with van der Waals surface area (Å²) >= 11 is 0. The summed E-state index contributed by atoms with van der Waals surface area (Å²) in [6.07, 6.45) is 6.96. The van der Waals surface area contributed by atoms with Crippen LogP contribution in [0.15, 0.2) is 84.9 Å². The maximum atomic E-state index is 14.2. The van der Waals surface area contributed by atoms with Gasteiger partial charge in [-0.3, -0.25) is 19.2 Å². The molecule has 0 radical (unpaired) electrons. The number of fused-ring (bicyclic) bond motifs is 9. The Morgan fingerprint density at radius 3 is 1.10 bits per heavy atom. The van der Waals surface area contributed by atoms with Crippen molar-refractivity contribution in [2.75, 3.05) is 42.6 Å². The van der Waals surface area contributed by atoms with Crippen molar-refractivity contribution in [1.29, 1.82) is 0 Å². The predicted molar refractivity (Wildman–Crippen MR) is 313 cm³/mol. The van der Waals surface area contributed by atoms with Gasteiger partial charge < -0.3 is 50.4 Å². The fourth-order valence-corrected chi connectivity index (χ4v) is 11.8. The Labute approximate surface area is 459 Å². The number of carbonyl (C=O) groups is 4. The van der Waals surface area contributed by atoms with Crippen molar-refractivity contribution in [2.45, 2.75) is 81.1 Å². The monoisotopic (exact) mass is 1060 g/mol. The average Bonchev–Trinajstić information content (AvgIpc) is 4.37. The molecule has 0 saturated heterocycles. The Hall–Kier alpha value is -8.33. The first-order valence-electron chi connectivity index (χ1n) is 27.2. The molecule has 5 heterocycles. The summed E-state index contributed by atoms with van der Waals surface area (Å²) in [4.78, 5) is 73.5. The highest BCUT2D eigenvalue weighted by molar-refractivity contribution is 6.12. The summed E-state index contributed by atoms with van der Waals surface area (Å²) < 4.78 is 17.8. The van der Waals surface area contributed by atoms with Crippen LogP contribution in [0.2, 0.25) is 0 Å². The van der Waals surface area contributed by atoms with Crippen LogP contribution >= 0.6 is 0 Å². The summed E-state index contributed by atoms with van der Waals surface area (Å²) in [5.74, 6) is 0.224. The number of aromatic nitrogens is 4. The Morgan fingerprint density at radius 2 is 0.747 bits per heavy atom. The quantitative estimate of drug-likeness (QED) is 0.0557. The standard InChI is InChI=1S/C64H68N8O7/c1-61(2)28-33(61)57(73)69-39-14-12-15-40(70-58(74)34-29-62(34,3)4)52(39)54-45-20-18-37(65-45)38-19-21-46(66-38)55(53-41(71-59(75)35-30-63(35,5)6)16-13-17-42(53)72-60(76)36-31-64(36,7)8)48-25-23-44(68-48)51(43-22-24-47(54)67-43)32-26-49(77-9)56(79-11)50(27-32)78-10/h12-27,33-36,65,67-68H,28-31H2,1-11H3,(H,69,73)(H,70,74)(H,71,75)(H,72,76)/t33-,34-,35-,36-/m1/s1. The zero-order valence-corrected chi connectivity index (χ0v) is 46.7. The minimum Gasteiger partial charge on any atom is -0.493 e. The van der Waals surface area contributed by atoms with E-state index in [1.807, 2.05) is 97.1 Å². The van der Waals surface area contributed by atoms with Crippen molar-refractivity contribution < 1.29 is 33.4 Å². The summed E-state index contributed by atoms with van der Waals surface area (Å²) in [6.45, 7) is 16.8. The number of hydrogen-bond acceptors (Lipinski definition) is 8. The third-order valence-electron chi connectivity index (χ3n) is 17.5. The number of aromatic amines is 3. The molecule has 15 nitrogen and oxygen atoms in total. The molecule has 4 amide bonds. The number of methoxy groups -OCH3 is 3. The van der Waals surface area contributed by atoms with E-state index in [1.54, 1.807) is 21.3 Å². The van der Waals surface area contributed by atoms with Gasteiger partial charge in [-0.2, -0.15) is 0 Å². The van der Waals surface area contributed by atoms with E-state index in [0.29, 0.717) is 112 Å². The van der Waals surface area contributed by atoms with Crippen LogP contribution < -0.4 is 35.5 Å². The molecule has 0 unspecified atom stereocenters. The van der Waals surface area contributed by atoms with E-state index in [9.17, 15) is 19.2 Å². The van der Waals surface area contributed by atoms with Gasteiger partial charge in [-0.25, -0.2) is 4.98 Å². The molecule has 7 N–H and O–H groups in total. The first-order valence-corrected chi connectivity index (χ1v) is 27.2. The molecule has 406 valence electrons. The van der Waals surface area contributed by atoms with Gasteiger partial charge in [-0.05, 0) is 138 Å². The van der Waals surface area contributed by atoms with Crippen LogP contribution in [0, 0.1) is 45.3 Å². The number of nitrogens with one attached hydrogen (secondary N) is 7. The van der Waals surface area contributed by atoms with Crippen LogP contribution in [0.25, 0.3) is 78.6 Å². The van der Waals surface area contributed by atoms with E-state index in [-0.39, 0.29) is 69.0 Å². The highest BCUT2D eigenvalue weighted by atomic mass is 16.5. The number of hydrogen-bond donors (Lipinski definition) is 7. The van der Waals surface area contributed by atoms with Crippen LogP contribution in [-0.4, -0.2) is 64.9 Å². The lowest BCUT2D eigenvalue weighted by atomic mass is 9.98. The van der Waals surface area contributed by atoms with Crippen LogP contribution in [0.4, 0.5) is 22.7 Å². The molecule has 8 bridgehead atoms. The van der Waals surface area contributed by atoms with Crippen molar-refractivity contribution in [3.8, 4) is 50.6 Å². The SMILES string of the molecule is COc1cc(-c2c3ccc([nH]3)c(-c3c(NC(=O)[C@H]4CC4(C)C)cccc3NC(=O)[C@H]3CC3(C)C)c3nc(c4ccc([nH]4)c(-c4c(NC(=O)[C@H]5CC5(C)C)cccc4NC(=O)[C@H]4CC4(C)C)c4ccc2[nH]4)C=C3)cc(OC)c1OC. The minimum absolute atomic E-state index is 0.0899. The van der Waals surface area contributed by atoms with Crippen molar-refractivity contribution in [2.24, 2.45) is 45.3 Å². The Bertz CT molecular complexity index is 3770. The van der Waals surface area contributed by atoms with Crippen molar-refractivity contribution in [1.82, 2.24) is 19.9 Å². The molecule has 5 aliphatic rings. The molecule has 1 aliphatic heterocycles. The number of rotatable bonds is 14. The number of H-pyrrole nitrogens is 3. The van der Waals surface area contributed by atoms with Gasteiger partial charge in [0.25, 0.3) is 0 Å². The molecule has 15 heteroatoms. The van der Waals surface area contributed by atoms with Gasteiger partial charge in [0.15, 0.2) is 11.5 Å². The van der Waals surface area contributed by atoms with E-state index < -0.39 is 0 Å². The Kier molecular flexibility index (Phi) is 12.0. The third-order valence-corrected chi connectivity index (χ3v) is 17.5. The molecule has 7 aromatic rings. The number of carbonyl (C=O) groups excluding carboxylic acids is 4. The van der Waals surface area contributed by atoms with Crippen LogP contribution in [-0.2, 0) is 19.2 Å². The molecule has 4 saturated carbocycles. The fraction of sp³-hybridized carbons (Fsp3) is 0.359. The summed E-state index contributed by atoms with van der Waals surface area (Å²) in [7, 11) is 4.73. The van der Waals surface area contributed by atoms with Gasteiger partial charge in [0.05, 0.1) is 61.0 Å². The highest BCUT2D eigenvalue weighted by Crippen LogP contribution is 2.56. The van der Waals surface area contributed by atoms with E-state index in [2.05, 4.69) is 91.6 Å². The summed E-state index contributed by atoms with van der Waals surface area (Å²) in [5, 5.41) is 13.2. The molecule has 4 fully saturated rings. The predicted octanol–water partition coefficient (Wildman–Crippen LogP) is 13.7. The van der Waals surface area contributed by atoms with Gasteiger partial charge in [0.2, 0.25) is 29.4 Å². The van der Waals surface area contributed by atoms with E-state index in [0.717, 1.165) is 31.2 Å². The Morgan fingerprint density at radius 1 is 0.430 bits per heavy atom. The van der Waals surface area contributed by atoms with Crippen molar-refractivity contribution >= 4 is 91.6 Å². The van der Waals surface area contributed by atoms with Crippen molar-refractivity contribution in [3.05, 3.63) is 96.3 Å². The van der Waals surface area contributed by atoms with Crippen LogP contribution in [0.1, 0.15) is 92.5 Å². The minimum atomic E-state index is -0.180. The van der Waals surface area contributed by atoms with Crippen LogP contribution in [0.5, 0.6) is 17.2 Å². The second-order valence-electron chi connectivity index (χ2n) is 25.0. The average molecular weight is 1060 g/mol. The number of amides is 4. The maximum Gasteiger partial charge on any atom is 0.228 e. The normalized spacial score (nSPS) is 20.7. The molecular formula is C64H68N8O7. The first-order chi connectivity index (χ1) is 37.6. The number of anilines is 4. The molecule has 4 aliphatic carbocycles. The van der Waals surface area contributed by atoms with Crippen molar-refractivity contribution in [3.63, 3.8) is 0 Å². The lowest BCUT2D eigenvalue weighted by Gasteiger charge is -2.18. The lowest BCUT2D eigenvalue weighted by Crippen LogP contribution is -2.19. The molecule has 4 aromatic heterocycles. The molecule has 12 rings (SSSR count). The largest absolute Gasteiger partial charge is 0.493 e. The van der Waals surface area contributed by atoms with Gasteiger partial charge in [0.1, 0.15) is 0 Å². The fourth-order valence-electron chi connectivity index (χ4n) is 11.8. The lowest BCUT2D eigenvalue weighted by molar-refractivity contribution is -0.118. The van der Waals surface area contributed by atoms with Gasteiger partial charge >= 0.3 is 0 Å². The second-order valence-corrected chi connectivity index (χ2v) is 25.0. The number of nitrogens with zero attached hydrogens (tertiary/aromatic N) is 1. The van der Waals surface area contributed by atoms with Gasteiger partial charge in [-0.1, -0.05) is 67.5 Å². The van der Waals surface area contributed by atoms with Gasteiger partial charge in [-0.15, -0.1) is 0 Å². The molecule has 0 spiro atoms. The molecule has 4 atom stereocenters. The zero-order valence-electron chi connectivity index (χ0n) is 46.7.